The number of carbonyl (C=O) groups is 1. The average molecular weight is 258 g/mol. The molecule has 0 unspecified atom stereocenters. The van der Waals surface area contributed by atoms with E-state index < -0.39 is 11.8 Å². The van der Waals surface area contributed by atoms with Crippen molar-refractivity contribution < 1.29 is 14.3 Å². The molecule has 0 aliphatic rings. The molecule has 0 saturated heterocycles. The highest BCUT2D eigenvalue weighted by molar-refractivity contribution is 5.88. The van der Waals surface area contributed by atoms with Crippen molar-refractivity contribution >= 4 is 5.97 Å². The van der Waals surface area contributed by atoms with Crippen molar-refractivity contribution in [3.63, 3.8) is 0 Å². The van der Waals surface area contributed by atoms with Crippen LogP contribution < -0.4 is 0 Å². The Morgan fingerprint density at radius 3 is 2.79 bits per heavy atom. The Labute approximate surface area is 109 Å². The number of aromatic carboxylic acids is 1. The summed E-state index contributed by atoms with van der Waals surface area (Å²) < 4.78 is 14.7. The van der Waals surface area contributed by atoms with Gasteiger partial charge in [-0.3, -0.25) is 0 Å². The number of hydrogen-bond acceptors (Lipinski definition) is 2. The van der Waals surface area contributed by atoms with E-state index in [1.165, 1.54) is 24.3 Å². The number of hydrogen-bond donors (Lipinski definition) is 1. The number of carboxylic acid groups (broad SMARTS) is 1. The minimum Gasteiger partial charge on any atom is -0.478 e. The van der Waals surface area contributed by atoms with Crippen LogP contribution >= 0.6 is 0 Å². The van der Waals surface area contributed by atoms with Crippen LogP contribution in [0.4, 0.5) is 4.39 Å². The van der Waals surface area contributed by atoms with E-state index in [2.05, 4.69) is 0 Å². The maximum absolute atomic E-state index is 13.0. The van der Waals surface area contributed by atoms with Gasteiger partial charge in [0.2, 0.25) is 0 Å². The van der Waals surface area contributed by atoms with Crippen molar-refractivity contribution in [3.8, 4) is 6.07 Å². The number of halogens is 1. The summed E-state index contributed by atoms with van der Waals surface area (Å²) in [5, 5.41) is 17.9. The van der Waals surface area contributed by atoms with Crippen LogP contribution in [-0.2, 0) is 6.54 Å². The van der Waals surface area contributed by atoms with Gasteiger partial charge in [-0.2, -0.15) is 5.26 Å². The monoisotopic (exact) mass is 258 g/mol. The van der Waals surface area contributed by atoms with Crippen LogP contribution in [0.15, 0.2) is 30.5 Å². The van der Waals surface area contributed by atoms with E-state index in [0.717, 1.165) is 0 Å². The largest absolute Gasteiger partial charge is 0.478 e. The van der Waals surface area contributed by atoms with E-state index in [1.807, 2.05) is 6.07 Å². The van der Waals surface area contributed by atoms with Gasteiger partial charge >= 0.3 is 5.97 Å². The lowest BCUT2D eigenvalue weighted by Crippen LogP contribution is -2.05. The number of nitriles is 1. The Morgan fingerprint density at radius 2 is 2.21 bits per heavy atom. The zero-order valence-electron chi connectivity index (χ0n) is 10.2. The first-order chi connectivity index (χ1) is 9.02. The smallest absolute Gasteiger partial charge is 0.337 e. The minimum absolute atomic E-state index is 0.223. The maximum atomic E-state index is 13.0. The van der Waals surface area contributed by atoms with Crippen molar-refractivity contribution in [2.45, 2.75) is 13.5 Å². The van der Waals surface area contributed by atoms with Gasteiger partial charge in [-0.1, -0.05) is 6.07 Å². The highest BCUT2D eigenvalue weighted by Gasteiger charge is 2.12. The van der Waals surface area contributed by atoms with Crippen molar-refractivity contribution in [2.75, 3.05) is 0 Å². The molecule has 0 fully saturated rings. The number of nitrogens with zero attached hydrogens (tertiary/aromatic N) is 2. The average Bonchev–Trinajstić information content (AvgIpc) is 2.73. The van der Waals surface area contributed by atoms with E-state index in [4.69, 9.17) is 10.4 Å². The van der Waals surface area contributed by atoms with Gasteiger partial charge in [0.25, 0.3) is 0 Å². The molecular formula is C14H11FN2O2. The molecule has 5 heteroatoms. The van der Waals surface area contributed by atoms with Crippen LogP contribution in [0.2, 0.25) is 0 Å². The SMILES string of the molecule is Cc1c(C(=O)O)ccn1Cc1ccc(F)cc1C#N. The van der Waals surface area contributed by atoms with E-state index in [9.17, 15) is 9.18 Å². The Morgan fingerprint density at radius 1 is 1.47 bits per heavy atom. The second-order valence-corrected chi connectivity index (χ2v) is 4.16. The zero-order chi connectivity index (χ0) is 14.0. The molecule has 2 aromatic rings. The fraction of sp³-hybridized carbons (Fsp3) is 0.143. The van der Waals surface area contributed by atoms with Gasteiger partial charge in [-0.05, 0) is 30.7 Å². The van der Waals surface area contributed by atoms with Crippen LogP contribution in [0, 0.1) is 24.1 Å². The van der Waals surface area contributed by atoms with Gasteiger partial charge in [0, 0.05) is 18.4 Å². The number of benzene rings is 1. The van der Waals surface area contributed by atoms with Crippen molar-refractivity contribution in [1.82, 2.24) is 4.57 Å². The third kappa shape index (κ3) is 2.47. The molecule has 0 radical (unpaired) electrons. The first kappa shape index (κ1) is 12.8. The lowest BCUT2D eigenvalue weighted by Gasteiger charge is -2.08. The van der Waals surface area contributed by atoms with Crippen LogP contribution in [-0.4, -0.2) is 15.6 Å². The minimum atomic E-state index is -0.990. The summed E-state index contributed by atoms with van der Waals surface area (Å²) in [4.78, 5) is 10.9. The van der Waals surface area contributed by atoms with Crippen LogP contribution in [0.25, 0.3) is 0 Å². The molecule has 19 heavy (non-hydrogen) atoms. The fourth-order valence-electron chi connectivity index (χ4n) is 1.92. The summed E-state index contributed by atoms with van der Waals surface area (Å²) in [6.07, 6.45) is 1.64. The molecule has 0 spiro atoms. The van der Waals surface area contributed by atoms with Crippen LogP contribution in [0.5, 0.6) is 0 Å². The highest BCUT2D eigenvalue weighted by Crippen LogP contribution is 2.16. The second kappa shape index (κ2) is 4.94. The highest BCUT2D eigenvalue weighted by atomic mass is 19.1. The summed E-state index contributed by atoms with van der Waals surface area (Å²) >= 11 is 0. The summed E-state index contributed by atoms with van der Waals surface area (Å²) in [7, 11) is 0. The van der Waals surface area contributed by atoms with E-state index in [-0.39, 0.29) is 11.1 Å². The number of aromatic nitrogens is 1. The molecule has 0 aliphatic carbocycles. The molecule has 2 rings (SSSR count). The summed E-state index contributed by atoms with van der Waals surface area (Å²) in [5.74, 6) is -1.45. The van der Waals surface area contributed by atoms with E-state index in [1.54, 1.807) is 17.7 Å². The molecule has 1 aromatic carbocycles. The summed E-state index contributed by atoms with van der Waals surface area (Å²) in [6.45, 7) is 2.03. The molecule has 4 nitrogen and oxygen atoms in total. The van der Waals surface area contributed by atoms with Gasteiger partial charge < -0.3 is 9.67 Å². The Balaban J connectivity index is 2.37. The zero-order valence-corrected chi connectivity index (χ0v) is 10.2. The van der Waals surface area contributed by atoms with Gasteiger partial charge in [0.15, 0.2) is 0 Å². The van der Waals surface area contributed by atoms with Crippen molar-refractivity contribution in [3.05, 3.63) is 58.7 Å². The van der Waals surface area contributed by atoms with Crippen LogP contribution in [0.3, 0.4) is 0 Å². The number of carboxylic acids is 1. The lowest BCUT2D eigenvalue weighted by atomic mass is 10.1. The normalized spacial score (nSPS) is 10.2. The molecule has 1 N–H and O–H groups in total. The third-order valence-corrected chi connectivity index (χ3v) is 3.01. The molecule has 96 valence electrons. The number of rotatable bonds is 3. The second-order valence-electron chi connectivity index (χ2n) is 4.16. The first-order valence-corrected chi connectivity index (χ1v) is 5.60. The summed E-state index contributed by atoms with van der Waals surface area (Å²) in [5.41, 5.74) is 1.73. The van der Waals surface area contributed by atoms with Gasteiger partial charge in [0.1, 0.15) is 5.82 Å². The Hall–Kier alpha value is -2.61. The third-order valence-electron chi connectivity index (χ3n) is 3.01. The molecule has 1 heterocycles. The van der Waals surface area contributed by atoms with Crippen LogP contribution in [0.1, 0.15) is 27.2 Å². The first-order valence-electron chi connectivity index (χ1n) is 5.60. The van der Waals surface area contributed by atoms with E-state index >= 15 is 0 Å². The van der Waals surface area contributed by atoms with Crippen molar-refractivity contribution in [2.24, 2.45) is 0 Å². The molecular weight excluding hydrogens is 247 g/mol. The predicted molar refractivity (Wildman–Crippen MR) is 66.3 cm³/mol. The van der Waals surface area contributed by atoms with Crippen molar-refractivity contribution in [1.29, 1.82) is 5.26 Å². The standard InChI is InChI=1S/C14H11FN2O2/c1-9-13(14(18)19)4-5-17(9)8-10-2-3-12(15)6-11(10)7-16/h2-6H,8H2,1H3,(H,18,19). The molecule has 0 saturated carbocycles. The molecule has 0 amide bonds. The Kier molecular flexibility index (Phi) is 3.34. The maximum Gasteiger partial charge on any atom is 0.337 e. The van der Waals surface area contributed by atoms with E-state index in [0.29, 0.717) is 17.8 Å². The Bertz CT molecular complexity index is 683. The van der Waals surface area contributed by atoms with Gasteiger partial charge in [0.05, 0.1) is 17.2 Å². The molecule has 0 atom stereocenters. The molecule has 0 bridgehead atoms. The molecule has 1 aromatic heterocycles. The van der Waals surface area contributed by atoms with Gasteiger partial charge in [-0.15, -0.1) is 0 Å². The summed E-state index contributed by atoms with van der Waals surface area (Å²) in [6, 6.07) is 7.44. The lowest BCUT2D eigenvalue weighted by molar-refractivity contribution is 0.0696. The molecule has 0 aliphatic heterocycles. The fourth-order valence-corrected chi connectivity index (χ4v) is 1.92. The quantitative estimate of drug-likeness (QED) is 0.920. The topological polar surface area (TPSA) is 66.0 Å². The predicted octanol–water partition coefficient (Wildman–Crippen LogP) is 2.55. The van der Waals surface area contributed by atoms with Gasteiger partial charge in [-0.25, -0.2) is 9.18 Å².